The van der Waals surface area contributed by atoms with E-state index in [2.05, 4.69) is 6.55 Å². The molecule has 13 heavy (non-hydrogen) atoms. The Morgan fingerprint density at radius 2 is 1.85 bits per heavy atom. The fourth-order valence-electron chi connectivity index (χ4n) is 1.17. The average Bonchev–Trinajstić information content (AvgIpc) is 2.96. The maximum atomic E-state index is 5.55. The number of ether oxygens (including phenoxy) is 1. The van der Waals surface area contributed by atoms with Crippen molar-refractivity contribution in [1.29, 1.82) is 0 Å². The molecule has 0 aromatic carbocycles. The SMILES string of the molecule is CO[Si](C)(CCCOC1CC1)OC. The fraction of sp³-hybridized carbons (Fsp3) is 1.00. The lowest BCUT2D eigenvalue weighted by Crippen LogP contribution is -2.36. The molecular weight excluding hydrogens is 184 g/mol. The summed E-state index contributed by atoms with van der Waals surface area (Å²) in [6.45, 7) is 2.95. The highest BCUT2D eigenvalue weighted by Gasteiger charge is 2.28. The highest BCUT2D eigenvalue weighted by Crippen LogP contribution is 2.24. The zero-order chi connectivity index (χ0) is 9.73. The standard InChI is InChI=1S/C9H20O3Si/c1-10-13(3,11-2)8-4-7-12-9-5-6-9/h9H,4-8H2,1-3H3. The molecular formula is C9H20O3Si. The molecule has 78 valence electrons. The summed E-state index contributed by atoms with van der Waals surface area (Å²) in [6, 6.07) is 1.02. The fourth-order valence-corrected chi connectivity index (χ4v) is 2.53. The van der Waals surface area contributed by atoms with Gasteiger partial charge in [-0.05, 0) is 31.9 Å². The van der Waals surface area contributed by atoms with Gasteiger partial charge in [0.1, 0.15) is 0 Å². The van der Waals surface area contributed by atoms with Crippen LogP contribution in [0.15, 0.2) is 0 Å². The quantitative estimate of drug-likeness (QED) is 0.468. The van der Waals surface area contributed by atoms with Gasteiger partial charge in [-0.25, -0.2) is 0 Å². The second-order valence-corrected chi connectivity index (χ2v) is 7.30. The minimum atomic E-state index is -1.83. The predicted molar refractivity (Wildman–Crippen MR) is 54.0 cm³/mol. The van der Waals surface area contributed by atoms with Crippen molar-refractivity contribution in [2.24, 2.45) is 0 Å². The summed E-state index contributed by atoms with van der Waals surface area (Å²) in [7, 11) is 1.64. The number of rotatable bonds is 7. The monoisotopic (exact) mass is 204 g/mol. The molecule has 3 nitrogen and oxygen atoms in total. The lowest BCUT2D eigenvalue weighted by atomic mass is 10.5. The van der Waals surface area contributed by atoms with Gasteiger partial charge in [-0.3, -0.25) is 0 Å². The van der Waals surface area contributed by atoms with Gasteiger partial charge in [-0.15, -0.1) is 0 Å². The Balaban J connectivity index is 2.01. The maximum absolute atomic E-state index is 5.55. The molecule has 0 aromatic rings. The Morgan fingerprint density at radius 1 is 1.23 bits per heavy atom. The number of hydrogen-bond acceptors (Lipinski definition) is 3. The summed E-state index contributed by atoms with van der Waals surface area (Å²) in [4.78, 5) is 0. The second-order valence-electron chi connectivity index (χ2n) is 3.72. The Morgan fingerprint density at radius 3 is 2.31 bits per heavy atom. The first-order chi connectivity index (χ1) is 6.20. The van der Waals surface area contributed by atoms with Crippen molar-refractivity contribution < 1.29 is 13.6 Å². The van der Waals surface area contributed by atoms with E-state index in [1.165, 1.54) is 12.8 Å². The van der Waals surface area contributed by atoms with Gasteiger partial charge >= 0.3 is 8.56 Å². The third kappa shape index (κ3) is 4.22. The normalized spacial score (nSPS) is 17.8. The van der Waals surface area contributed by atoms with Gasteiger partial charge in [0.05, 0.1) is 6.10 Å². The highest BCUT2D eigenvalue weighted by atomic mass is 28.4. The van der Waals surface area contributed by atoms with Crippen LogP contribution in [0.5, 0.6) is 0 Å². The van der Waals surface area contributed by atoms with Crippen LogP contribution in [0.25, 0.3) is 0 Å². The first kappa shape index (κ1) is 11.2. The summed E-state index contributed by atoms with van der Waals surface area (Å²) in [5, 5.41) is 0. The summed E-state index contributed by atoms with van der Waals surface area (Å²) in [5.41, 5.74) is 0. The largest absolute Gasteiger partial charge is 0.398 e. The van der Waals surface area contributed by atoms with Crippen molar-refractivity contribution in [3.8, 4) is 0 Å². The molecule has 0 atom stereocenters. The Labute approximate surface area is 81.6 Å². The van der Waals surface area contributed by atoms with Crippen molar-refractivity contribution in [2.75, 3.05) is 20.8 Å². The van der Waals surface area contributed by atoms with Crippen LogP contribution in [0.4, 0.5) is 0 Å². The van der Waals surface area contributed by atoms with Crippen molar-refractivity contribution >= 4 is 8.56 Å². The van der Waals surface area contributed by atoms with Crippen LogP contribution in [-0.2, 0) is 13.6 Å². The smallest absolute Gasteiger partial charge is 0.334 e. The third-order valence-corrected chi connectivity index (χ3v) is 5.51. The molecule has 4 heteroatoms. The lowest BCUT2D eigenvalue weighted by molar-refractivity contribution is 0.117. The zero-order valence-corrected chi connectivity index (χ0v) is 9.84. The first-order valence-electron chi connectivity index (χ1n) is 4.92. The maximum Gasteiger partial charge on any atom is 0.334 e. The van der Waals surface area contributed by atoms with E-state index in [0.29, 0.717) is 6.10 Å². The van der Waals surface area contributed by atoms with Crippen molar-refractivity contribution in [1.82, 2.24) is 0 Å². The van der Waals surface area contributed by atoms with Gasteiger partial charge in [0.15, 0.2) is 0 Å². The molecule has 0 spiro atoms. The van der Waals surface area contributed by atoms with Crippen LogP contribution < -0.4 is 0 Å². The molecule has 0 aromatic heterocycles. The first-order valence-corrected chi connectivity index (χ1v) is 7.44. The van der Waals surface area contributed by atoms with E-state index in [9.17, 15) is 0 Å². The van der Waals surface area contributed by atoms with E-state index in [-0.39, 0.29) is 0 Å². The topological polar surface area (TPSA) is 27.7 Å². The molecule has 1 saturated carbocycles. The molecule has 0 amide bonds. The van der Waals surface area contributed by atoms with Crippen molar-refractivity contribution in [3.63, 3.8) is 0 Å². The molecule has 0 heterocycles. The summed E-state index contributed by atoms with van der Waals surface area (Å²) < 4.78 is 16.3. The van der Waals surface area contributed by atoms with Crippen LogP contribution in [-0.4, -0.2) is 35.5 Å². The minimum Gasteiger partial charge on any atom is -0.398 e. The van der Waals surface area contributed by atoms with Crippen LogP contribution in [0, 0.1) is 0 Å². The van der Waals surface area contributed by atoms with Gasteiger partial charge in [0.2, 0.25) is 0 Å². The third-order valence-electron chi connectivity index (χ3n) is 2.52. The Kier molecular flexibility index (Phi) is 4.38. The molecule has 0 aliphatic heterocycles. The summed E-state index contributed by atoms with van der Waals surface area (Å²) in [5.74, 6) is 0. The molecule has 1 rings (SSSR count). The van der Waals surface area contributed by atoms with E-state index in [1.807, 2.05) is 0 Å². The molecule has 1 fully saturated rings. The van der Waals surface area contributed by atoms with E-state index in [0.717, 1.165) is 19.1 Å². The zero-order valence-electron chi connectivity index (χ0n) is 8.84. The van der Waals surface area contributed by atoms with Crippen molar-refractivity contribution in [3.05, 3.63) is 0 Å². The van der Waals surface area contributed by atoms with Crippen LogP contribution in [0.3, 0.4) is 0 Å². The summed E-state index contributed by atoms with van der Waals surface area (Å²) >= 11 is 0. The highest BCUT2D eigenvalue weighted by molar-refractivity contribution is 6.65. The van der Waals surface area contributed by atoms with Gasteiger partial charge in [0, 0.05) is 20.8 Å². The van der Waals surface area contributed by atoms with Crippen LogP contribution >= 0.6 is 0 Å². The molecule has 0 N–H and O–H groups in total. The average molecular weight is 204 g/mol. The van der Waals surface area contributed by atoms with Crippen LogP contribution in [0.2, 0.25) is 12.6 Å². The lowest BCUT2D eigenvalue weighted by Gasteiger charge is -2.22. The Hall–Kier alpha value is 0.0969. The number of hydrogen-bond donors (Lipinski definition) is 0. The Bertz CT molecular complexity index is 144. The van der Waals surface area contributed by atoms with Gasteiger partial charge in [0.25, 0.3) is 0 Å². The second kappa shape index (κ2) is 5.10. The van der Waals surface area contributed by atoms with Gasteiger partial charge in [-0.1, -0.05) is 0 Å². The molecule has 0 unspecified atom stereocenters. The molecule has 0 radical (unpaired) electrons. The van der Waals surface area contributed by atoms with Gasteiger partial charge < -0.3 is 13.6 Å². The molecule has 1 aliphatic rings. The van der Waals surface area contributed by atoms with E-state index < -0.39 is 8.56 Å². The van der Waals surface area contributed by atoms with Gasteiger partial charge in [-0.2, -0.15) is 0 Å². The van der Waals surface area contributed by atoms with E-state index in [4.69, 9.17) is 13.6 Å². The van der Waals surface area contributed by atoms with E-state index >= 15 is 0 Å². The van der Waals surface area contributed by atoms with E-state index in [1.54, 1.807) is 14.2 Å². The molecule has 0 saturated heterocycles. The predicted octanol–water partition coefficient (Wildman–Crippen LogP) is 1.92. The molecule has 0 bridgehead atoms. The minimum absolute atomic E-state index is 0.568. The molecule has 1 aliphatic carbocycles. The van der Waals surface area contributed by atoms with Crippen molar-refractivity contribution in [2.45, 2.75) is 38.0 Å². The van der Waals surface area contributed by atoms with Crippen LogP contribution in [0.1, 0.15) is 19.3 Å². The summed E-state index contributed by atoms with van der Waals surface area (Å²) in [6.07, 6.45) is 4.13.